The number of nitrogens with zero attached hydrogens (tertiary/aromatic N) is 2. The number of hydrogen-bond acceptors (Lipinski definition) is 6. The molecule has 0 saturated carbocycles. The highest BCUT2D eigenvalue weighted by Crippen LogP contribution is 2.16. The largest absolute Gasteiger partial charge is 0.384 e. The molecule has 0 fully saturated rings. The van der Waals surface area contributed by atoms with Crippen LogP contribution in [0.3, 0.4) is 0 Å². The molecule has 1 heterocycles. The second-order valence-electron chi connectivity index (χ2n) is 2.64. The van der Waals surface area contributed by atoms with Gasteiger partial charge in [0.15, 0.2) is 6.10 Å². The maximum absolute atomic E-state index is 9.39. The Morgan fingerprint density at radius 2 is 2.21 bits per heavy atom. The highest BCUT2D eigenvalue weighted by molar-refractivity contribution is 5.34. The molecule has 2 atom stereocenters. The predicted octanol–water partition coefficient (Wildman–Crippen LogP) is -0.715. The van der Waals surface area contributed by atoms with Gasteiger partial charge in [-0.2, -0.15) is 5.26 Å². The Kier molecular flexibility index (Phi) is 3.36. The molecule has 0 bridgehead atoms. The van der Waals surface area contributed by atoms with E-state index in [1.807, 2.05) is 0 Å². The van der Waals surface area contributed by atoms with Gasteiger partial charge in [-0.25, -0.2) is 10.8 Å². The number of nitrogen functional groups attached to an aromatic ring is 1. The topological polar surface area (TPSA) is 115 Å². The Labute approximate surface area is 80.6 Å². The number of pyridine rings is 1. The molecule has 2 unspecified atom stereocenters. The van der Waals surface area contributed by atoms with Gasteiger partial charge < -0.3 is 15.6 Å². The summed E-state index contributed by atoms with van der Waals surface area (Å²) in [7, 11) is 0. The summed E-state index contributed by atoms with van der Waals surface area (Å²) in [5, 5.41) is 26.8. The Morgan fingerprint density at radius 3 is 2.64 bits per heavy atom. The molecule has 0 aliphatic heterocycles. The molecule has 5 N–H and O–H groups in total. The van der Waals surface area contributed by atoms with Crippen molar-refractivity contribution in [2.75, 3.05) is 5.43 Å². The lowest BCUT2D eigenvalue weighted by atomic mass is 10.1. The third kappa shape index (κ3) is 2.17. The van der Waals surface area contributed by atoms with E-state index in [0.717, 1.165) is 0 Å². The Hall–Kier alpha value is -1.68. The quantitative estimate of drug-likeness (QED) is 0.287. The van der Waals surface area contributed by atoms with Crippen LogP contribution in [0.15, 0.2) is 18.3 Å². The van der Waals surface area contributed by atoms with E-state index in [1.54, 1.807) is 0 Å². The molecule has 0 amide bonds. The minimum Gasteiger partial charge on any atom is -0.384 e. The van der Waals surface area contributed by atoms with E-state index in [0.29, 0.717) is 11.4 Å². The van der Waals surface area contributed by atoms with E-state index in [-0.39, 0.29) is 0 Å². The van der Waals surface area contributed by atoms with Gasteiger partial charge in [-0.15, -0.1) is 0 Å². The van der Waals surface area contributed by atoms with Crippen LogP contribution >= 0.6 is 0 Å². The number of aliphatic hydroxyl groups is 2. The summed E-state index contributed by atoms with van der Waals surface area (Å²) in [5.74, 6) is 5.52. The normalized spacial score (nSPS) is 14.1. The van der Waals surface area contributed by atoms with Crippen molar-refractivity contribution in [2.45, 2.75) is 12.2 Å². The number of anilines is 1. The molecule has 1 aromatic heterocycles. The molecule has 1 rings (SSSR count). The average Bonchev–Trinajstić information content (AvgIpc) is 2.27. The standard InChI is InChI=1S/C8H10N4O2/c9-3-6(13)8(14)5-1-2-7(12-10)11-4-5/h1-2,4,6,8,13-14H,10H2,(H,11,12). The number of aliphatic hydroxyl groups excluding tert-OH is 2. The maximum Gasteiger partial charge on any atom is 0.170 e. The van der Waals surface area contributed by atoms with Crippen molar-refractivity contribution in [1.29, 1.82) is 5.26 Å². The van der Waals surface area contributed by atoms with Crippen molar-refractivity contribution in [3.8, 4) is 6.07 Å². The first kappa shape index (κ1) is 10.4. The molecular weight excluding hydrogens is 184 g/mol. The van der Waals surface area contributed by atoms with Crippen molar-refractivity contribution in [1.82, 2.24) is 4.98 Å². The van der Waals surface area contributed by atoms with E-state index >= 15 is 0 Å². The monoisotopic (exact) mass is 194 g/mol. The van der Waals surface area contributed by atoms with E-state index < -0.39 is 12.2 Å². The lowest BCUT2D eigenvalue weighted by Gasteiger charge is -2.11. The lowest BCUT2D eigenvalue weighted by Crippen LogP contribution is -2.16. The fraction of sp³-hybridized carbons (Fsp3) is 0.250. The molecule has 0 saturated heterocycles. The first-order valence-corrected chi connectivity index (χ1v) is 3.87. The minimum absolute atomic E-state index is 0.359. The number of aromatic nitrogens is 1. The number of nitrogens with two attached hydrogens (primary N) is 1. The van der Waals surface area contributed by atoms with Crippen LogP contribution in [0.4, 0.5) is 5.82 Å². The van der Waals surface area contributed by atoms with Gasteiger partial charge in [-0.1, -0.05) is 6.07 Å². The van der Waals surface area contributed by atoms with Crippen LogP contribution in [0.2, 0.25) is 0 Å². The summed E-state index contributed by atoms with van der Waals surface area (Å²) < 4.78 is 0. The molecule has 0 aliphatic carbocycles. The van der Waals surface area contributed by atoms with Crippen molar-refractivity contribution in [3.05, 3.63) is 23.9 Å². The molecule has 6 nitrogen and oxygen atoms in total. The van der Waals surface area contributed by atoms with Gasteiger partial charge >= 0.3 is 0 Å². The fourth-order valence-electron chi connectivity index (χ4n) is 0.919. The number of hydrazine groups is 1. The molecule has 0 aromatic carbocycles. The smallest absolute Gasteiger partial charge is 0.170 e. The van der Waals surface area contributed by atoms with Crippen LogP contribution < -0.4 is 11.3 Å². The number of hydrogen-bond donors (Lipinski definition) is 4. The fourth-order valence-corrected chi connectivity index (χ4v) is 0.919. The van der Waals surface area contributed by atoms with Crippen molar-refractivity contribution >= 4 is 5.82 Å². The summed E-state index contributed by atoms with van der Waals surface area (Å²) in [5.41, 5.74) is 2.68. The van der Waals surface area contributed by atoms with Gasteiger partial charge in [0.2, 0.25) is 0 Å². The molecule has 14 heavy (non-hydrogen) atoms. The number of nitrogens with one attached hydrogen (secondary N) is 1. The summed E-state index contributed by atoms with van der Waals surface area (Å²) in [6.45, 7) is 0. The van der Waals surface area contributed by atoms with E-state index in [1.165, 1.54) is 24.4 Å². The second kappa shape index (κ2) is 4.53. The molecule has 6 heteroatoms. The van der Waals surface area contributed by atoms with Crippen molar-refractivity contribution in [2.24, 2.45) is 5.84 Å². The van der Waals surface area contributed by atoms with E-state index in [2.05, 4.69) is 10.4 Å². The van der Waals surface area contributed by atoms with Crippen molar-refractivity contribution in [3.63, 3.8) is 0 Å². The highest BCUT2D eigenvalue weighted by atomic mass is 16.3. The third-order valence-corrected chi connectivity index (χ3v) is 1.71. The van der Waals surface area contributed by atoms with Crippen LogP contribution in [-0.2, 0) is 0 Å². The Morgan fingerprint density at radius 1 is 1.50 bits per heavy atom. The van der Waals surface area contributed by atoms with Gasteiger partial charge in [-0.05, 0) is 6.07 Å². The second-order valence-corrected chi connectivity index (χ2v) is 2.64. The van der Waals surface area contributed by atoms with Crippen LogP contribution in [-0.4, -0.2) is 21.3 Å². The van der Waals surface area contributed by atoms with Gasteiger partial charge in [-0.3, -0.25) is 0 Å². The predicted molar refractivity (Wildman–Crippen MR) is 48.6 cm³/mol. The minimum atomic E-state index is -1.45. The highest BCUT2D eigenvalue weighted by Gasteiger charge is 2.17. The summed E-state index contributed by atoms with van der Waals surface area (Å²) in [6.07, 6.45) is -1.37. The lowest BCUT2D eigenvalue weighted by molar-refractivity contribution is 0.0526. The molecule has 0 radical (unpaired) electrons. The molecule has 1 aromatic rings. The molecule has 0 aliphatic rings. The van der Waals surface area contributed by atoms with Crippen molar-refractivity contribution < 1.29 is 10.2 Å². The van der Waals surface area contributed by atoms with Crippen LogP contribution in [0.25, 0.3) is 0 Å². The Bertz CT molecular complexity index is 332. The van der Waals surface area contributed by atoms with Gasteiger partial charge in [0, 0.05) is 11.8 Å². The SMILES string of the molecule is N#CC(O)C(O)c1ccc(NN)nc1. The van der Waals surface area contributed by atoms with E-state index in [9.17, 15) is 5.11 Å². The van der Waals surface area contributed by atoms with Crippen LogP contribution in [0.1, 0.15) is 11.7 Å². The zero-order chi connectivity index (χ0) is 10.6. The first-order valence-electron chi connectivity index (χ1n) is 3.87. The van der Waals surface area contributed by atoms with Crippen LogP contribution in [0.5, 0.6) is 0 Å². The maximum atomic E-state index is 9.39. The Balaban J connectivity index is 2.82. The first-order chi connectivity index (χ1) is 6.69. The van der Waals surface area contributed by atoms with Gasteiger partial charge in [0.1, 0.15) is 11.9 Å². The molecule has 74 valence electrons. The zero-order valence-electron chi connectivity index (χ0n) is 7.25. The summed E-state index contributed by atoms with van der Waals surface area (Å²) in [4.78, 5) is 3.82. The molecular formula is C8H10N4O2. The van der Waals surface area contributed by atoms with Gasteiger partial charge in [0.05, 0.1) is 6.07 Å². The van der Waals surface area contributed by atoms with E-state index in [4.69, 9.17) is 16.2 Å². The summed E-state index contributed by atoms with van der Waals surface area (Å²) >= 11 is 0. The van der Waals surface area contributed by atoms with Gasteiger partial charge in [0.25, 0.3) is 0 Å². The average molecular weight is 194 g/mol. The number of nitriles is 1. The summed E-state index contributed by atoms with van der Waals surface area (Å²) in [6, 6.07) is 4.58. The van der Waals surface area contributed by atoms with Crippen LogP contribution in [0, 0.1) is 11.3 Å². The number of rotatable bonds is 3. The zero-order valence-corrected chi connectivity index (χ0v) is 7.25. The third-order valence-electron chi connectivity index (χ3n) is 1.71. The molecule has 0 spiro atoms.